The van der Waals surface area contributed by atoms with E-state index >= 15 is 0 Å². The van der Waals surface area contributed by atoms with Gasteiger partial charge in [-0.25, -0.2) is 4.79 Å². The average Bonchev–Trinajstić information content (AvgIpc) is 2.11. The summed E-state index contributed by atoms with van der Waals surface area (Å²) in [6, 6.07) is 0. The molecule has 17 heavy (non-hydrogen) atoms. The molecule has 0 saturated carbocycles. The summed E-state index contributed by atoms with van der Waals surface area (Å²) in [5.74, 6) is -2.66. The monoisotopic (exact) mass is 246 g/mol. The first-order valence-corrected chi connectivity index (χ1v) is 5.83. The van der Waals surface area contributed by atoms with Crippen LogP contribution in [0.2, 0.25) is 0 Å². The van der Waals surface area contributed by atoms with E-state index in [1.165, 1.54) is 7.11 Å². The van der Waals surface area contributed by atoms with E-state index in [0.29, 0.717) is 6.42 Å². The van der Waals surface area contributed by atoms with Crippen molar-refractivity contribution in [2.75, 3.05) is 7.11 Å². The topological polar surface area (TPSA) is 65.0 Å². The van der Waals surface area contributed by atoms with Crippen LogP contribution in [-0.2, 0) is 19.0 Å². The van der Waals surface area contributed by atoms with Crippen molar-refractivity contribution in [3.05, 3.63) is 0 Å². The van der Waals surface area contributed by atoms with Gasteiger partial charge in [-0.1, -0.05) is 0 Å². The fourth-order valence-corrected chi connectivity index (χ4v) is 2.07. The average molecular weight is 246 g/mol. The number of carbonyl (C=O) groups is 1. The number of carbonyl (C=O) groups excluding carboxylic acids is 1. The Balaban J connectivity index is 2.75. The third-order valence-corrected chi connectivity index (χ3v) is 2.52. The van der Waals surface area contributed by atoms with Gasteiger partial charge in [0, 0.05) is 6.42 Å². The lowest BCUT2D eigenvalue weighted by Crippen LogP contribution is -2.53. The molecule has 1 N–H and O–H groups in total. The number of esters is 1. The predicted octanol–water partition coefficient (Wildman–Crippen LogP) is 1.23. The van der Waals surface area contributed by atoms with Gasteiger partial charge in [0.15, 0.2) is 0 Å². The molecule has 0 aromatic rings. The molecule has 3 atom stereocenters. The van der Waals surface area contributed by atoms with Gasteiger partial charge in [0.25, 0.3) is 5.79 Å². The van der Waals surface area contributed by atoms with Crippen molar-refractivity contribution in [3.8, 4) is 0 Å². The molecule has 1 heterocycles. The Labute approximate surface area is 102 Å². The first-order valence-electron chi connectivity index (χ1n) is 5.83. The molecule has 1 rings (SSSR count). The Morgan fingerprint density at radius 1 is 1.47 bits per heavy atom. The van der Waals surface area contributed by atoms with Crippen molar-refractivity contribution in [3.63, 3.8) is 0 Å². The maximum absolute atomic E-state index is 11.5. The standard InChI is InChI=1S/C12H22O5/c1-8-6-9(17-11(2,3)4)7-12(14,16-8)10(13)15-5/h8-9,14H,6-7H2,1-5H3. The molecule has 5 nitrogen and oxygen atoms in total. The smallest absolute Gasteiger partial charge is 0.366 e. The second kappa shape index (κ2) is 4.92. The maximum Gasteiger partial charge on any atom is 0.366 e. The van der Waals surface area contributed by atoms with Crippen molar-refractivity contribution in [2.45, 2.75) is 64.1 Å². The summed E-state index contributed by atoms with van der Waals surface area (Å²) in [4.78, 5) is 11.5. The Kier molecular flexibility index (Phi) is 4.17. The van der Waals surface area contributed by atoms with Gasteiger partial charge in [-0.05, 0) is 34.1 Å². The molecule has 0 aliphatic carbocycles. The zero-order valence-electron chi connectivity index (χ0n) is 11.1. The number of methoxy groups -OCH3 is 1. The highest BCUT2D eigenvalue weighted by Crippen LogP contribution is 2.31. The molecular weight excluding hydrogens is 224 g/mol. The van der Waals surface area contributed by atoms with E-state index in [-0.39, 0.29) is 24.2 Å². The lowest BCUT2D eigenvalue weighted by Gasteiger charge is -2.40. The minimum Gasteiger partial charge on any atom is -0.465 e. The van der Waals surface area contributed by atoms with E-state index in [0.717, 1.165) is 0 Å². The minimum absolute atomic E-state index is 0.0985. The SMILES string of the molecule is COC(=O)C1(O)CC(OC(C)(C)C)CC(C)O1. The van der Waals surface area contributed by atoms with Crippen molar-refractivity contribution >= 4 is 5.97 Å². The van der Waals surface area contributed by atoms with E-state index < -0.39 is 11.8 Å². The van der Waals surface area contributed by atoms with E-state index in [1.54, 1.807) is 6.92 Å². The molecule has 5 heteroatoms. The van der Waals surface area contributed by atoms with E-state index in [9.17, 15) is 9.90 Å². The van der Waals surface area contributed by atoms with E-state index in [4.69, 9.17) is 9.47 Å². The van der Waals surface area contributed by atoms with Crippen molar-refractivity contribution in [2.24, 2.45) is 0 Å². The predicted molar refractivity (Wildman–Crippen MR) is 61.4 cm³/mol. The fraction of sp³-hybridized carbons (Fsp3) is 0.917. The lowest BCUT2D eigenvalue weighted by atomic mass is 9.98. The molecule has 100 valence electrons. The molecule has 3 unspecified atom stereocenters. The molecule has 0 radical (unpaired) electrons. The van der Waals surface area contributed by atoms with Crippen molar-refractivity contribution in [1.29, 1.82) is 0 Å². The van der Waals surface area contributed by atoms with Gasteiger partial charge in [0.2, 0.25) is 0 Å². The summed E-state index contributed by atoms with van der Waals surface area (Å²) in [6.07, 6.45) is 0.278. The first kappa shape index (κ1) is 14.4. The van der Waals surface area contributed by atoms with Gasteiger partial charge in [0.1, 0.15) is 0 Å². The van der Waals surface area contributed by atoms with Gasteiger partial charge >= 0.3 is 5.97 Å². The highest BCUT2D eigenvalue weighted by molar-refractivity contribution is 5.77. The molecule has 0 aromatic heterocycles. The van der Waals surface area contributed by atoms with Crippen molar-refractivity contribution < 1.29 is 24.1 Å². The van der Waals surface area contributed by atoms with E-state index in [2.05, 4.69) is 4.74 Å². The molecule has 0 spiro atoms. The normalized spacial score (nSPS) is 34.5. The van der Waals surface area contributed by atoms with E-state index in [1.807, 2.05) is 20.8 Å². The van der Waals surface area contributed by atoms with Crippen LogP contribution >= 0.6 is 0 Å². The Bertz CT molecular complexity index is 283. The number of rotatable bonds is 2. The number of aliphatic hydroxyl groups is 1. The maximum atomic E-state index is 11.5. The molecule has 1 saturated heterocycles. The molecule has 1 fully saturated rings. The quantitative estimate of drug-likeness (QED) is 0.742. The summed E-state index contributed by atoms with van der Waals surface area (Å²) < 4.78 is 15.6. The molecule has 1 aliphatic rings. The Morgan fingerprint density at radius 2 is 2.06 bits per heavy atom. The van der Waals surface area contributed by atoms with Gasteiger partial charge in [-0.2, -0.15) is 0 Å². The fourth-order valence-electron chi connectivity index (χ4n) is 2.07. The second-order valence-electron chi connectivity index (χ2n) is 5.50. The van der Waals surface area contributed by atoms with Crippen LogP contribution in [0.3, 0.4) is 0 Å². The number of hydrogen-bond acceptors (Lipinski definition) is 5. The molecule has 0 bridgehead atoms. The zero-order valence-corrected chi connectivity index (χ0v) is 11.1. The minimum atomic E-state index is -1.89. The van der Waals surface area contributed by atoms with Gasteiger partial charge in [-0.3, -0.25) is 0 Å². The highest BCUT2D eigenvalue weighted by Gasteiger charge is 2.47. The van der Waals surface area contributed by atoms with Crippen LogP contribution in [0.1, 0.15) is 40.5 Å². The largest absolute Gasteiger partial charge is 0.465 e. The summed E-state index contributed by atoms with van der Waals surface area (Å²) in [7, 11) is 1.22. The summed E-state index contributed by atoms with van der Waals surface area (Å²) in [6.45, 7) is 7.60. The molecular formula is C12H22O5. The molecule has 0 amide bonds. The molecule has 1 aliphatic heterocycles. The van der Waals surface area contributed by atoms with Crippen LogP contribution in [0.25, 0.3) is 0 Å². The Morgan fingerprint density at radius 3 is 2.53 bits per heavy atom. The van der Waals surface area contributed by atoms with Crippen LogP contribution in [0.5, 0.6) is 0 Å². The van der Waals surface area contributed by atoms with Crippen LogP contribution in [0.15, 0.2) is 0 Å². The third kappa shape index (κ3) is 3.94. The van der Waals surface area contributed by atoms with Gasteiger partial charge < -0.3 is 19.3 Å². The lowest BCUT2D eigenvalue weighted by molar-refractivity contribution is -0.278. The highest BCUT2D eigenvalue weighted by atomic mass is 16.7. The summed E-state index contributed by atoms with van der Waals surface area (Å²) in [5, 5.41) is 10.1. The number of hydrogen-bond donors (Lipinski definition) is 1. The van der Waals surface area contributed by atoms with Gasteiger partial charge in [0.05, 0.1) is 24.9 Å². The number of ether oxygens (including phenoxy) is 3. The summed E-state index contributed by atoms with van der Waals surface area (Å²) >= 11 is 0. The summed E-state index contributed by atoms with van der Waals surface area (Å²) in [5.41, 5.74) is -0.321. The molecule has 0 aromatic carbocycles. The van der Waals surface area contributed by atoms with Crippen LogP contribution in [0, 0.1) is 0 Å². The van der Waals surface area contributed by atoms with Crippen LogP contribution in [0.4, 0.5) is 0 Å². The zero-order chi connectivity index (χ0) is 13.3. The van der Waals surface area contributed by atoms with Gasteiger partial charge in [-0.15, -0.1) is 0 Å². The first-order chi connectivity index (χ1) is 7.66. The third-order valence-electron chi connectivity index (χ3n) is 2.52. The second-order valence-corrected chi connectivity index (χ2v) is 5.50. The van der Waals surface area contributed by atoms with Crippen molar-refractivity contribution in [1.82, 2.24) is 0 Å². The van der Waals surface area contributed by atoms with Crippen LogP contribution < -0.4 is 0 Å². The Hall–Kier alpha value is -0.650. The van der Waals surface area contributed by atoms with Crippen LogP contribution in [-0.4, -0.2) is 41.8 Å².